The maximum Gasteiger partial charge on any atom is 0.240 e. The minimum atomic E-state index is -0.132. The minimum absolute atomic E-state index is 0.132. The van der Waals surface area contributed by atoms with Crippen molar-refractivity contribution in [2.24, 2.45) is 0 Å². The largest absolute Gasteiger partial charge is 0.339 e. The Labute approximate surface area is 143 Å². The third-order valence-electron chi connectivity index (χ3n) is 5.64. The van der Waals surface area contributed by atoms with E-state index in [1.807, 2.05) is 21.9 Å². The van der Waals surface area contributed by atoms with Crippen LogP contribution in [0.3, 0.4) is 0 Å². The van der Waals surface area contributed by atoms with Crippen LogP contribution in [-0.2, 0) is 22.6 Å². The molecule has 0 unspecified atom stereocenters. The zero-order valence-electron chi connectivity index (χ0n) is 14.0. The Bertz CT molecular complexity index is 645. The Balaban J connectivity index is 1.42. The molecule has 3 aliphatic rings. The fraction of sp³-hybridized carbons (Fsp3) is 0.579. The SMILES string of the molecule is O=C([C@H]1Cc2ccccc2CN1)N1CCC[C@H](N2CCCC2=O)C1. The molecule has 0 aliphatic carbocycles. The highest BCUT2D eigenvalue weighted by molar-refractivity contribution is 5.83. The molecule has 128 valence electrons. The number of amides is 2. The zero-order chi connectivity index (χ0) is 16.5. The highest BCUT2D eigenvalue weighted by Crippen LogP contribution is 2.23. The average molecular weight is 327 g/mol. The Morgan fingerprint density at radius 2 is 1.96 bits per heavy atom. The second kappa shape index (κ2) is 6.55. The lowest BCUT2D eigenvalue weighted by Gasteiger charge is -2.39. The van der Waals surface area contributed by atoms with Crippen molar-refractivity contribution in [3.63, 3.8) is 0 Å². The van der Waals surface area contributed by atoms with Crippen LogP contribution in [0.5, 0.6) is 0 Å². The van der Waals surface area contributed by atoms with Gasteiger partial charge in [-0.3, -0.25) is 9.59 Å². The molecule has 24 heavy (non-hydrogen) atoms. The van der Waals surface area contributed by atoms with Gasteiger partial charge in [-0.05, 0) is 36.8 Å². The van der Waals surface area contributed by atoms with Crippen LogP contribution in [0.1, 0.15) is 36.8 Å². The summed E-state index contributed by atoms with van der Waals surface area (Å²) in [4.78, 5) is 28.9. The summed E-state index contributed by atoms with van der Waals surface area (Å²) >= 11 is 0. The topological polar surface area (TPSA) is 52.7 Å². The van der Waals surface area contributed by atoms with Gasteiger partial charge in [0.2, 0.25) is 11.8 Å². The summed E-state index contributed by atoms with van der Waals surface area (Å²) in [6.07, 6.45) is 4.41. The molecule has 0 bridgehead atoms. The molecule has 4 rings (SSSR count). The van der Waals surface area contributed by atoms with Gasteiger partial charge in [0.05, 0.1) is 6.04 Å². The maximum atomic E-state index is 13.0. The average Bonchev–Trinajstić information content (AvgIpc) is 3.07. The number of carbonyl (C=O) groups is 2. The predicted octanol–water partition coefficient (Wildman–Crippen LogP) is 1.31. The molecule has 0 radical (unpaired) electrons. The number of nitrogens with zero attached hydrogens (tertiary/aromatic N) is 2. The van der Waals surface area contributed by atoms with Crippen LogP contribution in [0.4, 0.5) is 0 Å². The highest BCUT2D eigenvalue weighted by atomic mass is 16.2. The normalized spacial score (nSPS) is 27.2. The first-order valence-electron chi connectivity index (χ1n) is 9.11. The van der Waals surface area contributed by atoms with Crippen molar-refractivity contribution >= 4 is 11.8 Å². The van der Waals surface area contributed by atoms with Crippen molar-refractivity contribution in [2.75, 3.05) is 19.6 Å². The van der Waals surface area contributed by atoms with Crippen molar-refractivity contribution < 1.29 is 9.59 Å². The molecular formula is C19H25N3O2. The first kappa shape index (κ1) is 15.6. The van der Waals surface area contributed by atoms with Crippen LogP contribution in [0.15, 0.2) is 24.3 Å². The predicted molar refractivity (Wildman–Crippen MR) is 91.3 cm³/mol. The summed E-state index contributed by atoms with van der Waals surface area (Å²) in [5.41, 5.74) is 2.57. The first-order valence-corrected chi connectivity index (χ1v) is 9.11. The molecule has 2 amide bonds. The van der Waals surface area contributed by atoms with Gasteiger partial charge in [-0.2, -0.15) is 0 Å². The van der Waals surface area contributed by atoms with Gasteiger partial charge in [0.1, 0.15) is 0 Å². The molecule has 3 aliphatic heterocycles. The van der Waals surface area contributed by atoms with Crippen LogP contribution in [0, 0.1) is 0 Å². The second-order valence-corrected chi connectivity index (χ2v) is 7.18. The molecule has 0 saturated carbocycles. The third kappa shape index (κ3) is 2.93. The number of rotatable bonds is 2. The lowest BCUT2D eigenvalue weighted by molar-refractivity contribution is -0.139. The van der Waals surface area contributed by atoms with Crippen molar-refractivity contribution in [1.82, 2.24) is 15.1 Å². The molecule has 2 saturated heterocycles. The quantitative estimate of drug-likeness (QED) is 0.891. The van der Waals surface area contributed by atoms with Gasteiger partial charge < -0.3 is 15.1 Å². The van der Waals surface area contributed by atoms with E-state index in [9.17, 15) is 9.59 Å². The van der Waals surface area contributed by atoms with Gasteiger partial charge in [-0.1, -0.05) is 24.3 Å². The monoisotopic (exact) mass is 327 g/mol. The third-order valence-corrected chi connectivity index (χ3v) is 5.64. The summed E-state index contributed by atoms with van der Waals surface area (Å²) < 4.78 is 0. The summed E-state index contributed by atoms with van der Waals surface area (Å²) in [5.74, 6) is 0.458. The molecule has 1 N–H and O–H groups in total. The lowest BCUT2D eigenvalue weighted by Crippen LogP contribution is -2.55. The van der Waals surface area contributed by atoms with E-state index in [0.29, 0.717) is 13.0 Å². The number of hydrogen-bond donors (Lipinski definition) is 1. The van der Waals surface area contributed by atoms with Crippen LogP contribution in [0.25, 0.3) is 0 Å². The Kier molecular flexibility index (Phi) is 4.27. The number of fused-ring (bicyclic) bond motifs is 1. The van der Waals surface area contributed by atoms with E-state index in [-0.39, 0.29) is 23.9 Å². The van der Waals surface area contributed by atoms with Crippen molar-refractivity contribution in [2.45, 2.75) is 50.7 Å². The molecule has 3 heterocycles. The summed E-state index contributed by atoms with van der Waals surface area (Å²) in [7, 11) is 0. The molecule has 2 atom stereocenters. The van der Waals surface area contributed by atoms with Gasteiger partial charge in [0.25, 0.3) is 0 Å². The van der Waals surface area contributed by atoms with E-state index in [4.69, 9.17) is 0 Å². The summed E-state index contributed by atoms with van der Waals surface area (Å²) in [5, 5.41) is 3.39. The fourth-order valence-electron chi connectivity index (χ4n) is 4.31. The van der Waals surface area contributed by atoms with E-state index < -0.39 is 0 Å². The lowest BCUT2D eigenvalue weighted by atomic mass is 9.94. The molecule has 0 spiro atoms. The number of hydrogen-bond acceptors (Lipinski definition) is 3. The van der Waals surface area contributed by atoms with E-state index in [0.717, 1.165) is 45.3 Å². The van der Waals surface area contributed by atoms with Gasteiger partial charge in [-0.25, -0.2) is 0 Å². The number of nitrogens with one attached hydrogen (secondary N) is 1. The standard InChI is InChI=1S/C19H25N3O2/c23-18-8-4-10-22(18)16-7-3-9-21(13-16)19(24)17-11-14-5-1-2-6-15(14)12-20-17/h1-2,5-6,16-17,20H,3-4,7-13H2/t16-,17+/m0/s1. The van der Waals surface area contributed by atoms with E-state index in [2.05, 4.69) is 17.4 Å². The Morgan fingerprint density at radius 3 is 2.75 bits per heavy atom. The summed E-state index contributed by atoms with van der Waals surface area (Å²) in [6.45, 7) is 3.14. The van der Waals surface area contributed by atoms with Gasteiger partial charge in [-0.15, -0.1) is 0 Å². The Hall–Kier alpha value is -1.88. The van der Waals surface area contributed by atoms with Crippen LogP contribution < -0.4 is 5.32 Å². The fourth-order valence-corrected chi connectivity index (χ4v) is 4.31. The van der Waals surface area contributed by atoms with Crippen molar-refractivity contribution in [3.8, 4) is 0 Å². The van der Waals surface area contributed by atoms with E-state index >= 15 is 0 Å². The molecule has 0 aromatic heterocycles. The molecule has 1 aromatic rings. The summed E-state index contributed by atoms with van der Waals surface area (Å²) in [6, 6.07) is 8.42. The maximum absolute atomic E-state index is 13.0. The number of benzene rings is 1. The van der Waals surface area contributed by atoms with Gasteiger partial charge in [0.15, 0.2) is 0 Å². The minimum Gasteiger partial charge on any atom is -0.339 e. The van der Waals surface area contributed by atoms with Crippen molar-refractivity contribution in [3.05, 3.63) is 35.4 Å². The van der Waals surface area contributed by atoms with Gasteiger partial charge in [0, 0.05) is 38.6 Å². The number of piperidine rings is 1. The van der Waals surface area contributed by atoms with E-state index in [1.54, 1.807) is 0 Å². The second-order valence-electron chi connectivity index (χ2n) is 7.18. The number of likely N-dealkylation sites (tertiary alicyclic amines) is 2. The molecular weight excluding hydrogens is 302 g/mol. The van der Waals surface area contributed by atoms with Crippen molar-refractivity contribution in [1.29, 1.82) is 0 Å². The van der Waals surface area contributed by atoms with Gasteiger partial charge >= 0.3 is 0 Å². The number of carbonyl (C=O) groups excluding carboxylic acids is 2. The molecule has 1 aromatic carbocycles. The molecule has 5 heteroatoms. The zero-order valence-corrected chi connectivity index (χ0v) is 14.0. The van der Waals surface area contributed by atoms with E-state index in [1.165, 1.54) is 11.1 Å². The Morgan fingerprint density at radius 1 is 1.12 bits per heavy atom. The highest BCUT2D eigenvalue weighted by Gasteiger charge is 2.35. The van der Waals surface area contributed by atoms with Crippen LogP contribution in [0.2, 0.25) is 0 Å². The van der Waals surface area contributed by atoms with Crippen LogP contribution in [-0.4, -0.2) is 53.3 Å². The first-order chi connectivity index (χ1) is 11.7. The van der Waals surface area contributed by atoms with Crippen LogP contribution >= 0.6 is 0 Å². The smallest absolute Gasteiger partial charge is 0.240 e. The molecule has 2 fully saturated rings. The molecule has 5 nitrogen and oxygen atoms in total.